The van der Waals surface area contributed by atoms with E-state index in [9.17, 15) is 0 Å². The molecule has 0 amide bonds. The van der Waals surface area contributed by atoms with Crippen LogP contribution in [0.15, 0.2) is 65.1 Å². The van der Waals surface area contributed by atoms with Gasteiger partial charge in [-0.25, -0.2) is 0 Å². The second-order valence-electron chi connectivity index (χ2n) is 6.67. The predicted molar refractivity (Wildman–Crippen MR) is 92.4 cm³/mol. The molecule has 0 atom stereocenters. The minimum atomic E-state index is -0.100. The van der Waals surface area contributed by atoms with Gasteiger partial charge in [-0.2, -0.15) is 0 Å². The molecule has 2 heteroatoms. The van der Waals surface area contributed by atoms with E-state index >= 15 is 0 Å². The van der Waals surface area contributed by atoms with Gasteiger partial charge in [-0.1, -0.05) is 50.2 Å². The maximum absolute atomic E-state index is 6.16. The standard InChI is InChI=1S/C21H16O2/c1-21(2)15-8-4-6-10-18(15)23-20-12-19-14(11-16(20)21)13-7-3-5-9-17(13)22-19/h3-12H,1-2H3. The molecule has 1 aromatic heterocycles. The van der Waals surface area contributed by atoms with Crippen molar-refractivity contribution in [1.82, 2.24) is 0 Å². The molecule has 0 unspecified atom stereocenters. The Hall–Kier alpha value is -2.74. The molecule has 5 rings (SSSR count). The Morgan fingerprint density at radius 3 is 2.39 bits per heavy atom. The van der Waals surface area contributed by atoms with Gasteiger partial charge < -0.3 is 9.15 Å². The molecule has 0 radical (unpaired) electrons. The van der Waals surface area contributed by atoms with Crippen molar-refractivity contribution >= 4 is 21.9 Å². The highest BCUT2D eigenvalue weighted by atomic mass is 16.5. The third kappa shape index (κ3) is 1.63. The Labute approximate surface area is 134 Å². The Bertz CT molecular complexity index is 1070. The lowest BCUT2D eigenvalue weighted by molar-refractivity contribution is 0.418. The van der Waals surface area contributed by atoms with Gasteiger partial charge in [-0.15, -0.1) is 0 Å². The fourth-order valence-corrected chi connectivity index (χ4v) is 3.66. The average molecular weight is 300 g/mol. The lowest BCUT2D eigenvalue weighted by Gasteiger charge is -2.34. The third-order valence-electron chi connectivity index (χ3n) is 4.93. The van der Waals surface area contributed by atoms with Gasteiger partial charge in [-0.05, 0) is 18.2 Å². The van der Waals surface area contributed by atoms with Crippen molar-refractivity contribution in [1.29, 1.82) is 0 Å². The van der Waals surface area contributed by atoms with E-state index in [2.05, 4.69) is 38.1 Å². The number of hydrogen-bond donors (Lipinski definition) is 0. The first-order valence-electron chi connectivity index (χ1n) is 7.88. The highest BCUT2D eigenvalue weighted by Crippen LogP contribution is 2.49. The van der Waals surface area contributed by atoms with Crippen LogP contribution < -0.4 is 4.74 Å². The normalized spacial score (nSPS) is 15.2. The van der Waals surface area contributed by atoms with Crippen LogP contribution in [0, 0.1) is 0 Å². The van der Waals surface area contributed by atoms with Gasteiger partial charge in [0.05, 0.1) is 0 Å². The summed E-state index contributed by atoms with van der Waals surface area (Å²) in [7, 11) is 0. The molecule has 23 heavy (non-hydrogen) atoms. The molecular weight excluding hydrogens is 284 g/mol. The van der Waals surface area contributed by atoms with E-state index in [4.69, 9.17) is 9.15 Å². The smallest absolute Gasteiger partial charge is 0.139 e. The maximum Gasteiger partial charge on any atom is 0.139 e. The van der Waals surface area contributed by atoms with Crippen LogP contribution in [-0.4, -0.2) is 0 Å². The molecular formula is C21H16O2. The van der Waals surface area contributed by atoms with Crippen LogP contribution in [0.5, 0.6) is 11.5 Å². The summed E-state index contributed by atoms with van der Waals surface area (Å²) in [6.07, 6.45) is 0. The fraction of sp³-hybridized carbons (Fsp3) is 0.143. The van der Waals surface area contributed by atoms with E-state index < -0.39 is 0 Å². The number of fused-ring (bicyclic) bond motifs is 5. The molecule has 1 aliphatic rings. The minimum absolute atomic E-state index is 0.100. The van der Waals surface area contributed by atoms with Crippen molar-refractivity contribution in [2.75, 3.05) is 0 Å². The molecule has 112 valence electrons. The Kier molecular flexibility index (Phi) is 2.31. The number of furan rings is 1. The van der Waals surface area contributed by atoms with E-state index in [-0.39, 0.29) is 5.41 Å². The van der Waals surface area contributed by atoms with Crippen LogP contribution in [-0.2, 0) is 5.41 Å². The molecule has 1 aliphatic heterocycles. The first-order valence-corrected chi connectivity index (χ1v) is 7.88. The zero-order valence-electron chi connectivity index (χ0n) is 13.1. The summed E-state index contributed by atoms with van der Waals surface area (Å²) in [5.74, 6) is 1.82. The highest BCUT2D eigenvalue weighted by Gasteiger charge is 2.34. The van der Waals surface area contributed by atoms with E-state index in [0.717, 1.165) is 33.4 Å². The Morgan fingerprint density at radius 1 is 0.696 bits per heavy atom. The Balaban J connectivity index is 1.86. The van der Waals surface area contributed by atoms with Gasteiger partial charge in [0.15, 0.2) is 0 Å². The van der Waals surface area contributed by atoms with Gasteiger partial charge >= 0.3 is 0 Å². The number of para-hydroxylation sites is 2. The van der Waals surface area contributed by atoms with Crippen molar-refractivity contribution in [3.8, 4) is 11.5 Å². The van der Waals surface area contributed by atoms with E-state index in [1.165, 1.54) is 11.1 Å². The molecule has 0 fully saturated rings. The molecule has 2 nitrogen and oxygen atoms in total. The SMILES string of the molecule is CC1(C)c2ccccc2Oc2cc3oc4ccccc4c3cc21. The van der Waals surface area contributed by atoms with Crippen molar-refractivity contribution in [2.24, 2.45) is 0 Å². The van der Waals surface area contributed by atoms with Gasteiger partial charge in [0.1, 0.15) is 22.7 Å². The van der Waals surface area contributed by atoms with Gasteiger partial charge in [0, 0.05) is 33.4 Å². The quantitative estimate of drug-likeness (QED) is 0.396. The summed E-state index contributed by atoms with van der Waals surface area (Å²) >= 11 is 0. The summed E-state index contributed by atoms with van der Waals surface area (Å²) in [5, 5.41) is 2.30. The van der Waals surface area contributed by atoms with E-state index in [1.807, 2.05) is 36.4 Å². The predicted octanol–water partition coefficient (Wildman–Crippen LogP) is 6.02. The van der Waals surface area contributed by atoms with Crippen LogP contribution in [0.25, 0.3) is 21.9 Å². The third-order valence-corrected chi connectivity index (χ3v) is 4.93. The summed E-state index contributed by atoms with van der Waals surface area (Å²) in [6.45, 7) is 4.50. The minimum Gasteiger partial charge on any atom is -0.457 e. The van der Waals surface area contributed by atoms with Crippen molar-refractivity contribution in [3.63, 3.8) is 0 Å². The van der Waals surface area contributed by atoms with Gasteiger partial charge in [-0.3, -0.25) is 0 Å². The van der Waals surface area contributed by atoms with E-state index in [0.29, 0.717) is 0 Å². The lowest BCUT2D eigenvalue weighted by Crippen LogP contribution is -2.24. The van der Waals surface area contributed by atoms with Crippen molar-refractivity contribution in [3.05, 3.63) is 71.8 Å². The lowest BCUT2D eigenvalue weighted by atomic mass is 9.75. The topological polar surface area (TPSA) is 22.4 Å². The van der Waals surface area contributed by atoms with Crippen LogP contribution in [0.3, 0.4) is 0 Å². The zero-order valence-corrected chi connectivity index (χ0v) is 13.1. The van der Waals surface area contributed by atoms with Crippen LogP contribution in [0.1, 0.15) is 25.0 Å². The van der Waals surface area contributed by atoms with Crippen LogP contribution in [0.4, 0.5) is 0 Å². The fourth-order valence-electron chi connectivity index (χ4n) is 3.66. The molecule has 0 bridgehead atoms. The zero-order chi connectivity index (χ0) is 15.6. The van der Waals surface area contributed by atoms with Crippen LogP contribution in [0.2, 0.25) is 0 Å². The number of rotatable bonds is 0. The number of hydrogen-bond acceptors (Lipinski definition) is 2. The largest absolute Gasteiger partial charge is 0.457 e. The Morgan fingerprint density at radius 2 is 1.48 bits per heavy atom. The average Bonchev–Trinajstić information content (AvgIpc) is 2.91. The van der Waals surface area contributed by atoms with Crippen molar-refractivity contribution < 1.29 is 9.15 Å². The van der Waals surface area contributed by atoms with Crippen molar-refractivity contribution in [2.45, 2.75) is 19.3 Å². The van der Waals surface area contributed by atoms with Gasteiger partial charge in [0.25, 0.3) is 0 Å². The summed E-state index contributed by atoms with van der Waals surface area (Å²) in [6, 6.07) is 20.7. The molecule has 0 spiro atoms. The molecule has 0 saturated carbocycles. The second-order valence-corrected chi connectivity index (χ2v) is 6.67. The summed E-state index contributed by atoms with van der Waals surface area (Å²) in [4.78, 5) is 0. The molecule has 2 heterocycles. The monoisotopic (exact) mass is 300 g/mol. The number of ether oxygens (including phenoxy) is 1. The molecule has 3 aromatic carbocycles. The van der Waals surface area contributed by atoms with E-state index in [1.54, 1.807) is 0 Å². The second kappa shape index (κ2) is 4.17. The summed E-state index contributed by atoms with van der Waals surface area (Å²) < 4.78 is 12.2. The van der Waals surface area contributed by atoms with Crippen LogP contribution >= 0.6 is 0 Å². The molecule has 0 saturated heterocycles. The molecule has 4 aromatic rings. The maximum atomic E-state index is 6.16. The highest BCUT2D eigenvalue weighted by molar-refractivity contribution is 6.05. The number of benzene rings is 3. The first-order chi connectivity index (χ1) is 11.1. The molecule has 0 N–H and O–H groups in total. The summed E-state index contributed by atoms with van der Waals surface area (Å²) in [5.41, 5.74) is 4.12. The molecule has 0 aliphatic carbocycles. The first kappa shape index (κ1) is 12.8. The van der Waals surface area contributed by atoms with Gasteiger partial charge in [0.2, 0.25) is 0 Å².